The first-order chi connectivity index (χ1) is 12.5. The van der Waals surface area contributed by atoms with Crippen molar-refractivity contribution in [2.75, 3.05) is 0 Å². The Morgan fingerprint density at radius 3 is 2.38 bits per heavy atom. The molecule has 1 heterocycles. The molecule has 0 unspecified atom stereocenters. The number of nitrogens with zero attached hydrogens (tertiary/aromatic N) is 2. The summed E-state index contributed by atoms with van der Waals surface area (Å²) >= 11 is 6.00. The smallest absolute Gasteiger partial charge is 0.243 e. The SMILES string of the molecule is CCCC(=O)N1N=C(c2ccc(Cl)cc2)C[C@@H]1c1ccc(C(C)C)cc1. The molecule has 1 aliphatic heterocycles. The molecule has 1 amide bonds. The fourth-order valence-corrected chi connectivity index (χ4v) is 3.37. The molecule has 2 aromatic rings. The van der Waals surface area contributed by atoms with E-state index in [1.807, 2.05) is 31.2 Å². The molecule has 0 N–H and O–H groups in total. The monoisotopic (exact) mass is 368 g/mol. The lowest BCUT2D eigenvalue weighted by atomic mass is 9.95. The van der Waals surface area contributed by atoms with E-state index in [9.17, 15) is 4.79 Å². The second-order valence-corrected chi connectivity index (χ2v) is 7.52. The normalized spacial score (nSPS) is 16.9. The van der Waals surface area contributed by atoms with Crippen LogP contribution in [0.5, 0.6) is 0 Å². The third-order valence-corrected chi connectivity index (χ3v) is 5.05. The standard InChI is InChI=1S/C22H25ClN2O/c1-4-5-22(26)25-21(18-8-6-16(7-9-18)15(2)3)14-20(24-25)17-10-12-19(23)13-11-17/h6-13,15,21H,4-5,14H2,1-3H3/t21-/m1/s1. The number of benzene rings is 2. The number of rotatable bonds is 5. The van der Waals surface area contributed by atoms with E-state index in [4.69, 9.17) is 11.6 Å². The Labute approximate surface area is 160 Å². The molecule has 0 saturated heterocycles. The lowest BCUT2D eigenvalue weighted by Crippen LogP contribution is -2.26. The molecule has 4 heteroatoms. The van der Waals surface area contributed by atoms with E-state index in [0.717, 1.165) is 29.7 Å². The van der Waals surface area contributed by atoms with Crippen molar-refractivity contribution in [3.8, 4) is 0 Å². The Hall–Kier alpha value is -2.13. The quantitative estimate of drug-likeness (QED) is 0.642. The number of hydrogen-bond acceptors (Lipinski definition) is 2. The zero-order valence-electron chi connectivity index (χ0n) is 15.6. The highest BCUT2D eigenvalue weighted by Crippen LogP contribution is 2.34. The van der Waals surface area contributed by atoms with Crippen LogP contribution in [0.3, 0.4) is 0 Å². The summed E-state index contributed by atoms with van der Waals surface area (Å²) in [5.74, 6) is 0.570. The molecule has 0 fully saturated rings. The van der Waals surface area contributed by atoms with E-state index in [1.54, 1.807) is 5.01 Å². The third kappa shape index (κ3) is 3.99. The molecular weight excluding hydrogens is 344 g/mol. The van der Waals surface area contributed by atoms with Crippen LogP contribution >= 0.6 is 11.6 Å². The Bertz CT molecular complexity index is 794. The van der Waals surface area contributed by atoms with Gasteiger partial charge in [0.15, 0.2) is 0 Å². The first-order valence-corrected chi connectivity index (χ1v) is 9.62. The zero-order chi connectivity index (χ0) is 18.7. The van der Waals surface area contributed by atoms with E-state index in [2.05, 4.69) is 43.2 Å². The summed E-state index contributed by atoms with van der Waals surface area (Å²) in [6.45, 7) is 6.39. The molecule has 1 atom stereocenters. The Balaban J connectivity index is 1.90. The number of hydrazone groups is 1. The predicted octanol–water partition coefficient (Wildman–Crippen LogP) is 5.94. The van der Waals surface area contributed by atoms with Crippen LogP contribution in [0.2, 0.25) is 5.02 Å². The maximum absolute atomic E-state index is 12.6. The zero-order valence-corrected chi connectivity index (χ0v) is 16.3. The maximum atomic E-state index is 12.6. The number of hydrogen-bond donors (Lipinski definition) is 0. The van der Waals surface area contributed by atoms with Crippen LogP contribution in [0.25, 0.3) is 0 Å². The number of halogens is 1. The van der Waals surface area contributed by atoms with Gasteiger partial charge >= 0.3 is 0 Å². The molecule has 0 bridgehead atoms. The minimum Gasteiger partial charge on any atom is -0.273 e. The number of carbonyl (C=O) groups is 1. The summed E-state index contributed by atoms with van der Waals surface area (Å²) in [5, 5.41) is 7.06. The Morgan fingerprint density at radius 1 is 1.15 bits per heavy atom. The van der Waals surface area contributed by atoms with E-state index >= 15 is 0 Å². The van der Waals surface area contributed by atoms with E-state index in [0.29, 0.717) is 17.4 Å². The summed E-state index contributed by atoms with van der Waals surface area (Å²) in [5.41, 5.74) is 4.39. The van der Waals surface area contributed by atoms with Crippen LogP contribution in [-0.4, -0.2) is 16.6 Å². The summed E-state index contributed by atoms with van der Waals surface area (Å²) in [7, 11) is 0. The number of carbonyl (C=O) groups excluding carboxylic acids is 1. The molecule has 136 valence electrons. The van der Waals surface area contributed by atoms with Crippen molar-refractivity contribution in [1.82, 2.24) is 5.01 Å². The summed E-state index contributed by atoms with van der Waals surface area (Å²) in [4.78, 5) is 12.6. The lowest BCUT2D eigenvalue weighted by Gasteiger charge is -2.22. The molecule has 1 aliphatic rings. The van der Waals surface area contributed by atoms with Gasteiger partial charge in [-0.25, -0.2) is 5.01 Å². The highest BCUT2D eigenvalue weighted by molar-refractivity contribution is 6.30. The van der Waals surface area contributed by atoms with Crippen molar-refractivity contribution >= 4 is 23.2 Å². The largest absolute Gasteiger partial charge is 0.273 e. The van der Waals surface area contributed by atoms with Gasteiger partial charge in [0.05, 0.1) is 11.8 Å². The van der Waals surface area contributed by atoms with Crippen molar-refractivity contribution in [2.24, 2.45) is 5.10 Å². The third-order valence-electron chi connectivity index (χ3n) is 4.80. The topological polar surface area (TPSA) is 32.7 Å². The van der Waals surface area contributed by atoms with Gasteiger partial charge in [-0.2, -0.15) is 5.10 Å². The lowest BCUT2D eigenvalue weighted by molar-refractivity contribution is -0.133. The van der Waals surface area contributed by atoms with Crippen LogP contribution in [-0.2, 0) is 4.79 Å². The van der Waals surface area contributed by atoms with Gasteiger partial charge in [0, 0.05) is 17.9 Å². The predicted molar refractivity (Wildman–Crippen MR) is 108 cm³/mol. The van der Waals surface area contributed by atoms with Crippen LogP contribution in [0, 0.1) is 0 Å². The van der Waals surface area contributed by atoms with Gasteiger partial charge in [0.2, 0.25) is 5.91 Å². The highest BCUT2D eigenvalue weighted by atomic mass is 35.5. The summed E-state index contributed by atoms with van der Waals surface area (Å²) in [6.07, 6.45) is 2.05. The average molecular weight is 369 g/mol. The Morgan fingerprint density at radius 2 is 1.81 bits per heavy atom. The molecule has 0 aliphatic carbocycles. The molecule has 0 saturated carbocycles. The molecular formula is C22H25ClN2O. The van der Waals surface area contributed by atoms with Gasteiger partial charge in [-0.3, -0.25) is 4.79 Å². The highest BCUT2D eigenvalue weighted by Gasteiger charge is 2.32. The van der Waals surface area contributed by atoms with Gasteiger partial charge in [-0.15, -0.1) is 0 Å². The van der Waals surface area contributed by atoms with E-state index < -0.39 is 0 Å². The first kappa shape index (κ1) is 18.7. The van der Waals surface area contributed by atoms with Crippen molar-refractivity contribution in [3.05, 3.63) is 70.2 Å². The molecule has 3 rings (SSSR count). The molecule has 0 radical (unpaired) electrons. The summed E-state index contributed by atoms with van der Waals surface area (Å²) in [6, 6.07) is 16.2. The van der Waals surface area contributed by atoms with Crippen LogP contribution < -0.4 is 0 Å². The van der Waals surface area contributed by atoms with Gasteiger partial charge in [0.25, 0.3) is 0 Å². The average Bonchev–Trinajstić information content (AvgIpc) is 3.08. The molecule has 2 aromatic carbocycles. The van der Waals surface area contributed by atoms with Crippen LogP contribution in [0.1, 0.15) is 68.7 Å². The van der Waals surface area contributed by atoms with Crippen LogP contribution in [0.15, 0.2) is 53.6 Å². The molecule has 26 heavy (non-hydrogen) atoms. The summed E-state index contributed by atoms with van der Waals surface area (Å²) < 4.78 is 0. The molecule has 0 aromatic heterocycles. The van der Waals surface area contributed by atoms with Crippen molar-refractivity contribution in [3.63, 3.8) is 0 Å². The second kappa shape index (κ2) is 8.05. The van der Waals surface area contributed by atoms with Crippen molar-refractivity contribution in [2.45, 2.75) is 52.0 Å². The van der Waals surface area contributed by atoms with Gasteiger partial charge in [-0.1, -0.05) is 68.8 Å². The molecule has 0 spiro atoms. The molecule has 3 nitrogen and oxygen atoms in total. The second-order valence-electron chi connectivity index (χ2n) is 7.08. The van der Waals surface area contributed by atoms with E-state index in [-0.39, 0.29) is 11.9 Å². The fraction of sp³-hybridized carbons (Fsp3) is 0.364. The minimum absolute atomic E-state index is 0.0408. The van der Waals surface area contributed by atoms with E-state index in [1.165, 1.54) is 5.56 Å². The minimum atomic E-state index is -0.0408. The van der Waals surface area contributed by atoms with Gasteiger partial charge < -0.3 is 0 Å². The van der Waals surface area contributed by atoms with Crippen molar-refractivity contribution in [1.29, 1.82) is 0 Å². The number of amides is 1. The maximum Gasteiger partial charge on any atom is 0.243 e. The van der Waals surface area contributed by atoms with Gasteiger partial charge in [-0.05, 0) is 41.2 Å². The first-order valence-electron chi connectivity index (χ1n) is 9.25. The fourth-order valence-electron chi connectivity index (χ4n) is 3.25. The Kier molecular flexibility index (Phi) is 5.77. The van der Waals surface area contributed by atoms with Gasteiger partial charge in [0.1, 0.15) is 0 Å². The van der Waals surface area contributed by atoms with Crippen molar-refractivity contribution < 1.29 is 4.79 Å². The van der Waals surface area contributed by atoms with Crippen LogP contribution in [0.4, 0.5) is 0 Å².